The molecule has 4 rings (SSSR count). The number of rotatable bonds is 4. The van der Waals surface area contributed by atoms with Crippen molar-refractivity contribution >= 4 is 38.9 Å². The van der Waals surface area contributed by atoms with Crippen LogP contribution in [-0.2, 0) is 10.0 Å². The van der Waals surface area contributed by atoms with Crippen LogP contribution >= 0.6 is 23.2 Å². The lowest BCUT2D eigenvalue weighted by molar-refractivity contribution is 0.371. The van der Waals surface area contributed by atoms with Gasteiger partial charge in [-0.25, -0.2) is 4.39 Å². The molecule has 0 amide bonds. The molecule has 4 nitrogen and oxygen atoms in total. The summed E-state index contributed by atoms with van der Waals surface area (Å²) in [4.78, 5) is 0.0788. The average molecular weight is 449 g/mol. The molecule has 0 aliphatic carbocycles. The highest BCUT2D eigenvalue weighted by Crippen LogP contribution is 2.37. The lowest BCUT2D eigenvalue weighted by Gasteiger charge is -2.23. The molecule has 0 aromatic heterocycles. The van der Waals surface area contributed by atoms with Gasteiger partial charge in [-0.05, 0) is 59.7 Å². The summed E-state index contributed by atoms with van der Waals surface area (Å²) in [5.74, 6) is -0.391. The molecule has 1 unspecified atom stereocenters. The number of hydrogen-bond acceptors (Lipinski definition) is 3. The van der Waals surface area contributed by atoms with E-state index in [4.69, 9.17) is 23.2 Å². The van der Waals surface area contributed by atoms with Crippen molar-refractivity contribution < 1.29 is 12.8 Å². The van der Waals surface area contributed by atoms with Gasteiger partial charge in [0.05, 0.1) is 16.6 Å². The van der Waals surface area contributed by atoms with E-state index in [1.54, 1.807) is 36.4 Å². The third-order valence-electron chi connectivity index (χ3n) is 4.66. The second-order valence-electron chi connectivity index (χ2n) is 6.56. The molecule has 3 aromatic carbocycles. The molecule has 0 saturated heterocycles. The van der Waals surface area contributed by atoms with Gasteiger partial charge in [0.25, 0.3) is 10.0 Å². The van der Waals surface area contributed by atoms with Crippen LogP contribution in [0, 0.1) is 5.82 Å². The predicted molar refractivity (Wildman–Crippen MR) is 112 cm³/mol. The summed E-state index contributed by atoms with van der Waals surface area (Å²) in [6.07, 6.45) is 0.347. The Morgan fingerprint density at radius 1 is 0.862 bits per heavy atom. The second-order valence-corrected chi connectivity index (χ2v) is 9.23. The molecule has 0 fully saturated rings. The summed E-state index contributed by atoms with van der Waals surface area (Å²) >= 11 is 11.9. The van der Waals surface area contributed by atoms with E-state index < -0.39 is 21.9 Å². The van der Waals surface area contributed by atoms with Gasteiger partial charge in [-0.3, -0.25) is 0 Å². The fourth-order valence-electron chi connectivity index (χ4n) is 3.17. The van der Waals surface area contributed by atoms with Crippen molar-refractivity contribution in [1.29, 1.82) is 0 Å². The van der Waals surface area contributed by atoms with Crippen LogP contribution in [0.1, 0.15) is 23.6 Å². The maximum atomic E-state index is 13.4. The molecule has 1 aliphatic heterocycles. The number of halogens is 3. The highest BCUT2D eigenvalue weighted by Gasteiger charge is 2.37. The lowest BCUT2D eigenvalue weighted by Crippen LogP contribution is -2.27. The van der Waals surface area contributed by atoms with Crippen LogP contribution in [0.25, 0.3) is 0 Å². The Balaban J connectivity index is 1.79. The monoisotopic (exact) mass is 448 g/mol. The minimum absolute atomic E-state index is 0.0788. The van der Waals surface area contributed by atoms with E-state index in [0.29, 0.717) is 27.7 Å². The number of hydrazone groups is 1. The van der Waals surface area contributed by atoms with Gasteiger partial charge in [0.2, 0.25) is 0 Å². The molecule has 1 atom stereocenters. The Hall–Kier alpha value is -2.41. The van der Waals surface area contributed by atoms with Crippen molar-refractivity contribution in [3.8, 4) is 0 Å². The first-order valence-electron chi connectivity index (χ1n) is 8.73. The van der Waals surface area contributed by atoms with Gasteiger partial charge in [-0.1, -0.05) is 47.5 Å². The van der Waals surface area contributed by atoms with Gasteiger partial charge >= 0.3 is 0 Å². The zero-order valence-electron chi connectivity index (χ0n) is 15.0. The maximum absolute atomic E-state index is 13.4. The molecule has 1 heterocycles. The minimum atomic E-state index is -3.94. The topological polar surface area (TPSA) is 49.7 Å². The Labute approximate surface area is 178 Å². The van der Waals surface area contributed by atoms with Crippen molar-refractivity contribution in [2.75, 3.05) is 0 Å². The molecule has 0 saturated carbocycles. The summed E-state index contributed by atoms with van der Waals surface area (Å²) < 4.78 is 41.1. The summed E-state index contributed by atoms with van der Waals surface area (Å²) in [5, 5.41) is 5.44. The van der Waals surface area contributed by atoms with Crippen LogP contribution < -0.4 is 0 Å². The SMILES string of the molecule is O=S(=O)(c1ccc(Cl)cc1)N1N=C(c2ccc(Cl)cc2)CC1c1ccc(F)cc1. The first-order chi connectivity index (χ1) is 13.8. The van der Waals surface area contributed by atoms with Gasteiger partial charge in [-0.15, -0.1) is 0 Å². The first kappa shape index (κ1) is 19.9. The molecular weight excluding hydrogens is 434 g/mol. The fraction of sp³-hybridized carbons (Fsp3) is 0.0952. The van der Waals surface area contributed by atoms with Crippen LogP contribution in [0.3, 0.4) is 0 Å². The van der Waals surface area contributed by atoms with Crippen LogP contribution in [0.4, 0.5) is 4.39 Å². The molecule has 148 valence electrons. The number of sulfonamides is 1. The van der Waals surface area contributed by atoms with E-state index in [1.807, 2.05) is 0 Å². The smallest absolute Gasteiger partial charge is 0.207 e. The van der Waals surface area contributed by atoms with E-state index in [1.165, 1.54) is 36.4 Å². The van der Waals surface area contributed by atoms with Crippen molar-refractivity contribution in [3.05, 3.63) is 99.8 Å². The molecule has 1 aliphatic rings. The van der Waals surface area contributed by atoms with Gasteiger partial charge < -0.3 is 0 Å². The van der Waals surface area contributed by atoms with Gasteiger partial charge in [0, 0.05) is 16.5 Å². The Kier molecular flexibility index (Phi) is 5.34. The molecule has 0 radical (unpaired) electrons. The van der Waals surface area contributed by atoms with Crippen LogP contribution in [0.15, 0.2) is 82.8 Å². The minimum Gasteiger partial charge on any atom is -0.207 e. The van der Waals surface area contributed by atoms with Crippen LogP contribution in [-0.4, -0.2) is 18.5 Å². The molecular formula is C21H15Cl2FN2O2S. The third-order valence-corrected chi connectivity index (χ3v) is 6.86. The Bertz CT molecular complexity index is 1160. The normalized spacial score (nSPS) is 16.7. The molecule has 0 spiro atoms. The highest BCUT2D eigenvalue weighted by atomic mass is 35.5. The standard InChI is InChI=1S/C21H15Cl2FN2O2S/c22-16-5-1-14(2-6-16)20-13-21(15-3-9-18(24)10-4-15)26(25-20)29(27,28)19-11-7-17(23)8-12-19/h1-12,21H,13H2. The van der Waals surface area contributed by atoms with Gasteiger partial charge in [0.1, 0.15) is 5.82 Å². The van der Waals surface area contributed by atoms with Gasteiger partial charge in [0.15, 0.2) is 0 Å². The number of nitrogens with zero attached hydrogens (tertiary/aromatic N) is 2. The van der Waals surface area contributed by atoms with Gasteiger partial charge in [-0.2, -0.15) is 17.9 Å². The first-order valence-corrected chi connectivity index (χ1v) is 10.9. The van der Waals surface area contributed by atoms with E-state index in [9.17, 15) is 12.8 Å². The third kappa shape index (κ3) is 4.01. The lowest BCUT2D eigenvalue weighted by atomic mass is 9.99. The number of benzene rings is 3. The predicted octanol–water partition coefficient (Wildman–Crippen LogP) is 5.67. The van der Waals surface area contributed by atoms with Crippen molar-refractivity contribution in [3.63, 3.8) is 0 Å². The summed E-state index contributed by atoms with van der Waals surface area (Å²) in [7, 11) is -3.94. The van der Waals surface area contributed by atoms with Crippen LogP contribution in [0.5, 0.6) is 0 Å². The zero-order chi connectivity index (χ0) is 20.6. The molecule has 0 bridgehead atoms. The largest absolute Gasteiger partial charge is 0.279 e. The molecule has 8 heteroatoms. The fourth-order valence-corrected chi connectivity index (χ4v) is 4.86. The zero-order valence-corrected chi connectivity index (χ0v) is 17.3. The molecule has 0 N–H and O–H groups in total. The maximum Gasteiger partial charge on any atom is 0.279 e. The Morgan fingerprint density at radius 3 is 2.00 bits per heavy atom. The van der Waals surface area contributed by atoms with E-state index >= 15 is 0 Å². The summed E-state index contributed by atoms with van der Waals surface area (Å²) in [6.45, 7) is 0. The van der Waals surface area contributed by atoms with E-state index in [2.05, 4.69) is 5.10 Å². The summed E-state index contributed by atoms with van der Waals surface area (Å²) in [6, 6.07) is 18.1. The quantitative estimate of drug-likeness (QED) is 0.515. The van der Waals surface area contributed by atoms with Crippen molar-refractivity contribution in [2.45, 2.75) is 17.4 Å². The van der Waals surface area contributed by atoms with E-state index in [0.717, 1.165) is 9.98 Å². The molecule has 29 heavy (non-hydrogen) atoms. The second kappa shape index (κ2) is 7.78. The summed E-state index contributed by atoms with van der Waals surface area (Å²) in [5.41, 5.74) is 2.03. The Morgan fingerprint density at radius 2 is 1.41 bits per heavy atom. The van der Waals surface area contributed by atoms with E-state index in [-0.39, 0.29) is 4.90 Å². The van der Waals surface area contributed by atoms with Crippen molar-refractivity contribution in [1.82, 2.24) is 4.41 Å². The molecule has 3 aromatic rings. The average Bonchev–Trinajstić information content (AvgIpc) is 3.16. The van der Waals surface area contributed by atoms with Crippen LogP contribution in [0.2, 0.25) is 10.0 Å². The van der Waals surface area contributed by atoms with Crippen molar-refractivity contribution in [2.24, 2.45) is 5.10 Å². The number of hydrogen-bond donors (Lipinski definition) is 0. The highest BCUT2D eigenvalue weighted by molar-refractivity contribution is 7.89.